The Labute approximate surface area is 145 Å². The maximum absolute atomic E-state index is 12.4. The monoisotopic (exact) mass is 347 g/mol. The highest BCUT2D eigenvalue weighted by molar-refractivity contribution is 6.33. The Kier molecular flexibility index (Phi) is 6.21. The van der Waals surface area contributed by atoms with Crippen molar-refractivity contribution in [2.24, 2.45) is 0 Å². The number of para-hydroxylation sites is 1. The lowest BCUT2D eigenvalue weighted by Gasteiger charge is -2.18. The first-order valence-electron chi connectivity index (χ1n) is 7.45. The molecule has 2 rings (SSSR count). The van der Waals surface area contributed by atoms with Gasteiger partial charge in [-0.15, -0.1) is 0 Å². The smallest absolute Gasteiger partial charge is 0.337 e. The number of hydrogen-bond acceptors (Lipinski definition) is 4. The molecule has 2 aromatic carbocycles. The molecule has 0 aromatic heterocycles. The fourth-order valence-corrected chi connectivity index (χ4v) is 2.23. The van der Waals surface area contributed by atoms with Gasteiger partial charge in [0.2, 0.25) is 0 Å². The zero-order valence-corrected chi connectivity index (χ0v) is 14.2. The lowest BCUT2D eigenvalue weighted by molar-refractivity contribution is -0.122. The molecule has 0 unspecified atom stereocenters. The summed E-state index contributed by atoms with van der Waals surface area (Å²) in [5, 5.41) is 3.02. The summed E-state index contributed by atoms with van der Waals surface area (Å²) in [7, 11) is 1.29. The van der Waals surface area contributed by atoms with Gasteiger partial charge < -0.3 is 14.8 Å². The quantitative estimate of drug-likeness (QED) is 0.804. The van der Waals surface area contributed by atoms with Gasteiger partial charge in [0.1, 0.15) is 5.75 Å². The summed E-state index contributed by atoms with van der Waals surface area (Å²) in [5.74, 6) is -0.242. The number of carbonyl (C=O) groups is 2. The highest BCUT2D eigenvalue weighted by Crippen LogP contribution is 2.24. The van der Waals surface area contributed by atoms with Crippen LogP contribution in [0.3, 0.4) is 0 Å². The van der Waals surface area contributed by atoms with Gasteiger partial charge in [-0.1, -0.05) is 36.7 Å². The van der Waals surface area contributed by atoms with Gasteiger partial charge in [0.05, 0.1) is 23.4 Å². The fourth-order valence-electron chi connectivity index (χ4n) is 2.06. The van der Waals surface area contributed by atoms with Crippen LogP contribution in [0, 0.1) is 0 Å². The van der Waals surface area contributed by atoms with Crippen LogP contribution < -0.4 is 10.1 Å². The minimum atomic E-state index is -0.676. The normalized spacial score (nSPS) is 11.5. The highest BCUT2D eigenvalue weighted by Gasteiger charge is 2.20. The predicted molar refractivity (Wildman–Crippen MR) is 92.6 cm³/mol. The van der Waals surface area contributed by atoms with E-state index < -0.39 is 12.1 Å². The maximum atomic E-state index is 12.4. The molecular formula is C18H18ClNO4. The van der Waals surface area contributed by atoms with Crippen LogP contribution in [0.15, 0.2) is 48.5 Å². The summed E-state index contributed by atoms with van der Waals surface area (Å²) in [6.07, 6.45) is -0.195. The van der Waals surface area contributed by atoms with Crippen LogP contribution in [0.25, 0.3) is 0 Å². The van der Waals surface area contributed by atoms with Crippen molar-refractivity contribution in [2.45, 2.75) is 19.4 Å². The van der Waals surface area contributed by atoms with E-state index in [0.717, 1.165) is 0 Å². The molecule has 0 aliphatic heterocycles. The number of halogens is 1. The number of carbonyl (C=O) groups excluding carboxylic acids is 2. The number of hydrogen-bond donors (Lipinski definition) is 1. The molecule has 0 spiro atoms. The second-order valence-electron chi connectivity index (χ2n) is 5.00. The minimum Gasteiger partial charge on any atom is -0.481 e. The van der Waals surface area contributed by atoms with Crippen LogP contribution >= 0.6 is 11.6 Å². The molecule has 0 heterocycles. The molecule has 0 saturated carbocycles. The topological polar surface area (TPSA) is 64.6 Å². The predicted octanol–water partition coefficient (Wildman–Crippen LogP) is 3.92. The van der Waals surface area contributed by atoms with Crippen molar-refractivity contribution in [3.05, 3.63) is 59.1 Å². The molecule has 0 fully saturated rings. The van der Waals surface area contributed by atoms with E-state index in [1.165, 1.54) is 25.3 Å². The van der Waals surface area contributed by atoms with Crippen molar-refractivity contribution < 1.29 is 19.1 Å². The van der Waals surface area contributed by atoms with Crippen molar-refractivity contribution in [3.8, 4) is 5.75 Å². The van der Waals surface area contributed by atoms with E-state index in [2.05, 4.69) is 10.1 Å². The lowest BCUT2D eigenvalue weighted by Crippen LogP contribution is -2.32. The van der Waals surface area contributed by atoms with E-state index in [1.807, 2.05) is 25.1 Å². The van der Waals surface area contributed by atoms with Crippen LogP contribution in [0.5, 0.6) is 5.75 Å². The standard InChI is InChI=1S/C18H18ClNO4/c1-3-16(24-13-7-5-4-6-8-13)17(21)20-15-11-12(18(22)23-2)9-10-14(15)19/h4-11,16H,3H2,1-2H3,(H,20,21)/t16-/m1/s1. The number of nitrogens with one attached hydrogen (secondary N) is 1. The molecule has 0 aliphatic carbocycles. The molecule has 0 radical (unpaired) electrons. The van der Waals surface area contributed by atoms with Crippen LogP contribution in [0.1, 0.15) is 23.7 Å². The molecule has 6 heteroatoms. The molecule has 126 valence electrons. The molecule has 1 N–H and O–H groups in total. The first-order chi connectivity index (χ1) is 11.5. The van der Waals surface area contributed by atoms with Gasteiger partial charge in [0.15, 0.2) is 6.10 Å². The Bertz CT molecular complexity index is 718. The minimum absolute atomic E-state index is 0.300. The van der Waals surface area contributed by atoms with Gasteiger partial charge in [0.25, 0.3) is 5.91 Å². The third-order valence-corrected chi connectivity index (χ3v) is 3.66. The van der Waals surface area contributed by atoms with Gasteiger partial charge in [0, 0.05) is 0 Å². The Morgan fingerprint density at radius 1 is 1.17 bits per heavy atom. The van der Waals surface area contributed by atoms with E-state index in [9.17, 15) is 9.59 Å². The molecule has 0 saturated heterocycles. The van der Waals surface area contributed by atoms with Gasteiger partial charge in [-0.25, -0.2) is 4.79 Å². The summed E-state index contributed by atoms with van der Waals surface area (Å²) < 4.78 is 10.4. The van der Waals surface area contributed by atoms with E-state index in [4.69, 9.17) is 16.3 Å². The lowest BCUT2D eigenvalue weighted by atomic mass is 10.2. The van der Waals surface area contributed by atoms with Crippen LogP contribution in [-0.4, -0.2) is 25.1 Å². The van der Waals surface area contributed by atoms with Gasteiger partial charge in [-0.3, -0.25) is 4.79 Å². The number of amides is 1. The Morgan fingerprint density at radius 2 is 1.88 bits per heavy atom. The number of rotatable bonds is 6. The largest absolute Gasteiger partial charge is 0.481 e. The second-order valence-corrected chi connectivity index (χ2v) is 5.41. The Hall–Kier alpha value is -2.53. The van der Waals surface area contributed by atoms with Crippen molar-refractivity contribution in [1.82, 2.24) is 0 Å². The van der Waals surface area contributed by atoms with Crippen LogP contribution in [0.2, 0.25) is 5.02 Å². The summed E-state index contributed by atoms with van der Waals surface area (Å²) in [5.41, 5.74) is 0.633. The number of benzene rings is 2. The SMILES string of the molecule is CC[C@@H](Oc1ccccc1)C(=O)Nc1cc(C(=O)OC)ccc1Cl. The summed E-state index contributed by atoms with van der Waals surface area (Å²) in [6, 6.07) is 13.6. The zero-order valence-electron chi connectivity index (χ0n) is 13.4. The molecule has 5 nitrogen and oxygen atoms in total. The number of esters is 1. The fraction of sp³-hybridized carbons (Fsp3) is 0.222. The molecule has 0 aliphatic rings. The van der Waals surface area contributed by atoms with Crippen molar-refractivity contribution >= 4 is 29.2 Å². The number of anilines is 1. The zero-order chi connectivity index (χ0) is 17.5. The molecule has 1 atom stereocenters. The average molecular weight is 348 g/mol. The third kappa shape index (κ3) is 4.49. The number of ether oxygens (including phenoxy) is 2. The molecule has 0 bridgehead atoms. The Morgan fingerprint density at radius 3 is 2.50 bits per heavy atom. The molecule has 1 amide bonds. The van der Waals surface area contributed by atoms with Crippen molar-refractivity contribution in [3.63, 3.8) is 0 Å². The van der Waals surface area contributed by atoms with Gasteiger partial charge in [-0.2, -0.15) is 0 Å². The summed E-state index contributed by atoms with van der Waals surface area (Å²) >= 11 is 6.09. The summed E-state index contributed by atoms with van der Waals surface area (Å²) in [4.78, 5) is 24.0. The van der Waals surface area contributed by atoms with Gasteiger partial charge >= 0.3 is 5.97 Å². The second kappa shape index (κ2) is 8.36. The molecular weight excluding hydrogens is 330 g/mol. The first kappa shape index (κ1) is 17.8. The third-order valence-electron chi connectivity index (χ3n) is 3.33. The number of methoxy groups -OCH3 is 1. The van der Waals surface area contributed by atoms with Crippen LogP contribution in [0.4, 0.5) is 5.69 Å². The van der Waals surface area contributed by atoms with E-state index >= 15 is 0 Å². The van der Waals surface area contributed by atoms with Crippen LogP contribution in [-0.2, 0) is 9.53 Å². The molecule has 2 aromatic rings. The Balaban J connectivity index is 2.13. The van der Waals surface area contributed by atoms with Crippen molar-refractivity contribution in [1.29, 1.82) is 0 Å². The van der Waals surface area contributed by atoms with E-state index in [1.54, 1.807) is 12.1 Å². The summed E-state index contributed by atoms with van der Waals surface area (Å²) in [6.45, 7) is 1.85. The highest BCUT2D eigenvalue weighted by atomic mass is 35.5. The average Bonchev–Trinajstić information content (AvgIpc) is 2.61. The maximum Gasteiger partial charge on any atom is 0.337 e. The van der Waals surface area contributed by atoms with E-state index in [0.29, 0.717) is 28.4 Å². The van der Waals surface area contributed by atoms with Gasteiger partial charge in [-0.05, 0) is 36.8 Å². The molecule has 24 heavy (non-hydrogen) atoms. The first-order valence-corrected chi connectivity index (χ1v) is 7.83. The van der Waals surface area contributed by atoms with E-state index in [-0.39, 0.29) is 5.91 Å². The van der Waals surface area contributed by atoms with Crippen molar-refractivity contribution in [2.75, 3.05) is 12.4 Å².